The van der Waals surface area contributed by atoms with Crippen LogP contribution in [-0.2, 0) is 4.74 Å². The molecule has 0 saturated carbocycles. The third-order valence-electron chi connectivity index (χ3n) is 1.88. The fourth-order valence-corrected chi connectivity index (χ4v) is 1.05. The summed E-state index contributed by atoms with van der Waals surface area (Å²) in [5.74, 6) is 0. The predicted molar refractivity (Wildman–Crippen MR) is 62.6 cm³/mol. The van der Waals surface area contributed by atoms with E-state index in [0.29, 0.717) is 0 Å². The Bertz CT molecular complexity index is 164. The van der Waals surface area contributed by atoms with E-state index >= 15 is 0 Å². The van der Waals surface area contributed by atoms with Gasteiger partial charge in [0.2, 0.25) is 0 Å². The van der Waals surface area contributed by atoms with Gasteiger partial charge in [0, 0.05) is 13.7 Å². The second-order valence-corrected chi connectivity index (χ2v) is 3.50. The fraction of sp³-hybridized carbons (Fsp3) is 0.667. The number of allylic oxidation sites excluding steroid dienone is 2. The summed E-state index contributed by atoms with van der Waals surface area (Å²) in [6, 6.07) is 0. The van der Waals surface area contributed by atoms with E-state index in [1.807, 2.05) is 0 Å². The van der Waals surface area contributed by atoms with Crippen LogP contribution in [0.15, 0.2) is 24.3 Å². The summed E-state index contributed by atoms with van der Waals surface area (Å²) in [6.45, 7) is 8.70. The molecule has 0 fully saturated rings. The molecule has 0 amide bonds. The molecular formula is C12H23NO. The molecule has 0 spiro atoms. The zero-order valence-electron chi connectivity index (χ0n) is 9.51. The molecule has 0 aromatic rings. The van der Waals surface area contributed by atoms with Crippen LogP contribution in [0.5, 0.6) is 0 Å². The van der Waals surface area contributed by atoms with E-state index in [1.54, 1.807) is 7.11 Å². The molecule has 0 aliphatic heterocycles. The van der Waals surface area contributed by atoms with Gasteiger partial charge in [-0.25, -0.2) is 0 Å². The van der Waals surface area contributed by atoms with Gasteiger partial charge in [-0.1, -0.05) is 17.7 Å². The monoisotopic (exact) mass is 197 g/mol. The molecule has 0 radical (unpaired) electrons. The smallest absolute Gasteiger partial charge is 0.0587 e. The quantitative estimate of drug-likeness (QED) is 0.453. The summed E-state index contributed by atoms with van der Waals surface area (Å²) in [7, 11) is 1.72. The van der Waals surface area contributed by atoms with Crippen LogP contribution in [0.3, 0.4) is 0 Å². The van der Waals surface area contributed by atoms with Crippen LogP contribution < -0.4 is 5.32 Å². The third-order valence-corrected chi connectivity index (χ3v) is 1.88. The Morgan fingerprint density at radius 3 is 2.64 bits per heavy atom. The van der Waals surface area contributed by atoms with Gasteiger partial charge in [-0.05, 0) is 32.7 Å². The number of rotatable bonds is 9. The lowest BCUT2D eigenvalue weighted by atomic mass is 10.2. The molecule has 0 heterocycles. The number of ether oxygens (including phenoxy) is 1. The molecule has 0 saturated heterocycles. The van der Waals surface area contributed by atoms with Crippen molar-refractivity contribution < 1.29 is 4.74 Å². The molecule has 0 aliphatic carbocycles. The van der Waals surface area contributed by atoms with Crippen molar-refractivity contribution in [1.82, 2.24) is 5.32 Å². The fourth-order valence-electron chi connectivity index (χ4n) is 1.05. The summed E-state index contributed by atoms with van der Waals surface area (Å²) in [5, 5.41) is 3.29. The van der Waals surface area contributed by atoms with E-state index in [0.717, 1.165) is 39.0 Å². The number of nitrogens with one attached hydrogen (secondary N) is 1. The maximum Gasteiger partial charge on any atom is 0.0587 e. The Hall–Kier alpha value is -0.600. The van der Waals surface area contributed by atoms with Crippen LogP contribution >= 0.6 is 0 Å². The second kappa shape index (κ2) is 10.5. The van der Waals surface area contributed by atoms with E-state index in [1.165, 1.54) is 5.57 Å². The molecule has 0 aromatic carbocycles. The number of methoxy groups -OCH3 is 1. The Labute approximate surface area is 88.0 Å². The van der Waals surface area contributed by atoms with E-state index in [4.69, 9.17) is 4.74 Å². The van der Waals surface area contributed by atoms with Gasteiger partial charge in [0.25, 0.3) is 0 Å². The minimum atomic E-state index is 0.791. The Morgan fingerprint density at radius 1 is 1.29 bits per heavy atom. The van der Waals surface area contributed by atoms with Crippen LogP contribution in [-0.4, -0.2) is 26.8 Å². The molecule has 0 aliphatic rings. The van der Waals surface area contributed by atoms with Crippen molar-refractivity contribution in [3.63, 3.8) is 0 Å². The van der Waals surface area contributed by atoms with Crippen molar-refractivity contribution in [3.8, 4) is 0 Å². The molecule has 0 atom stereocenters. The van der Waals surface area contributed by atoms with Crippen molar-refractivity contribution in [2.24, 2.45) is 0 Å². The molecule has 2 nitrogen and oxygen atoms in total. The molecule has 1 N–H and O–H groups in total. The highest BCUT2D eigenvalue weighted by molar-refractivity contribution is 4.92. The summed E-state index contributed by atoms with van der Waals surface area (Å²) >= 11 is 0. The topological polar surface area (TPSA) is 21.3 Å². The highest BCUT2D eigenvalue weighted by Gasteiger charge is 1.85. The zero-order chi connectivity index (χ0) is 10.6. The highest BCUT2D eigenvalue weighted by Crippen LogP contribution is 2.00. The summed E-state index contributed by atoms with van der Waals surface area (Å²) in [5.41, 5.74) is 1.26. The third kappa shape index (κ3) is 11.4. The average molecular weight is 197 g/mol. The molecule has 0 rings (SSSR count). The first-order valence-corrected chi connectivity index (χ1v) is 5.26. The van der Waals surface area contributed by atoms with Crippen LogP contribution in [0.25, 0.3) is 0 Å². The van der Waals surface area contributed by atoms with Crippen LogP contribution in [0, 0.1) is 0 Å². The first-order valence-electron chi connectivity index (χ1n) is 5.26. The standard InChI is InChI=1S/C12H23NO/c1-12(2)8-6-4-5-7-9-13-10-11-14-3/h4-5,13H,1,6-11H2,2-3H3/b5-4+. The average Bonchev–Trinajstić information content (AvgIpc) is 2.15. The van der Waals surface area contributed by atoms with Gasteiger partial charge in [-0.15, -0.1) is 6.58 Å². The van der Waals surface area contributed by atoms with Crippen LogP contribution in [0.2, 0.25) is 0 Å². The minimum absolute atomic E-state index is 0.791. The summed E-state index contributed by atoms with van der Waals surface area (Å²) in [4.78, 5) is 0. The number of hydrogen-bond acceptors (Lipinski definition) is 2. The molecule has 0 unspecified atom stereocenters. The van der Waals surface area contributed by atoms with E-state index in [2.05, 4.69) is 31.0 Å². The van der Waals surface area contributed by atoms with Gasteiger partial charge in [0.05, 0.1) is 6.61 Å². The Morgan fingerprint density at radius 2 is 2.00 bits per heavy atom. The Kier molecular flexibility index (Phi) is 10.0. The van der Waals surface area contributed by atoms with E-state index in [-0.39, 0.29) is 0 Å². The van der Waals surface area contributed by atoms with Gasteiger partial charge < -0.3 is 10.1 Å². The molecule has 0 aromatic heterocycles. The van der Waals surface area contributed by atoms with Crippen molar-refractivity contribution in [2.45, 2.75) is 26.2 Å². The largest absolute Gasteiger partial charge is 0.383 e. The molecule has 82 valence electrons. The second-order valence-electron chi connectivity index (χ2n) is 3.50. The Balaban J connectivity index is 3.07. The minimum Gasteiger partial charge on any atom is -0.383 e. The molecule has 14 heavy (non-hydrogen) atoms. The van der Waals surface area contributed by atoms with Gasteiger partial charge in [0.1, 0.15) is 0 Å². The maximum absolute atomic E-state index is 4.92. The zero-order valence-corrected chi connectivity index (χ0v) is 9.51. The first-order chi connectivity index (χ1) is 6.77. The van der Waals surface area contributed by atoms with Crippen molar-refractivity contribution in [1.29, 1.82) is 0 Å². The van der Waals surface area contributed by atoms with Crippen molar-refractivity contribution in [2.75, 3.05) is 26.8 Å². The molecular weight excluding hydrogens is 174 g/mol. The van der Waals surface area contributed by atoms with Crippen molar-refractivity contribution >= 4 is 0 Å². The highest BCUT2D eigenvalue weighted by atomic mass is 16.5. The van der Waals surface area contributed by atoms with Crippen LogP contribution in [0.4, 0.5) is 0 Å². The van der Waals surface area contributed by atoms with Gasteiger partial charge in [0.15, 0.2) is 0 Å². The lowest BCUT2D eigenvalue weighted by Crippen LogP contribution is -2.19. The van der Waals surface area contributed by atoms with E-state index in [9.17, 15) is 0 Å². The van der Waals surface area contributed by atoms with Crippen LogP contribution in [0.1, 0.15) is 26.2 Å². The molecule has 2 heteroatoms. The predicted octanol–water partition coefficient (Wildman–Crippen LogP) is 2.53. The van der Waals surface area contributed by atoms with Gasteiger partial charge >= 0.3 is 0 Å². The maximum atomic E-state index is 4.92. The lowest BCUT2D eigenvalue weighted by molar-refractivity contribution is 0.199. The summed E-state index contributed by atoms with van der Waals surface area (Å²) in [6.07, 6.45) is 7.77. The normalized spacial score (nSPS) is 11.0. The van der Waals surface area contributed by atoms with E-state index < -0.39 is 0 Å². The summed E-state index contributed by atoms with van der Waals surface area (Å²) < 4.78 is 4.92. The SMILES string of the molecule is C=C(C)CC/C=C/CCNCCOC. The van der Waals surface area contributed by atoms with Gasteiger partial charge in [-0.2, -0.15) is 0 Å². The lowest BCUT2D eigenvalue weighted by Gasteiger charge is -2.00. The molecule has 0 bridgehead atoms. The van der Waals surface area contributed by atoms with Crippen molar-refractivity contribution in [3.05, 3.63) is 24.3 Å². The van der Waals surface area contributed by atoms with Gasteiger partial charge in [-0.3, -0.25) is 0 Å². The first kappa shape index (κ1) is 13.4. The number of hydrogen-bond donors (Lipinski definition) is 1.